The van der Waals surface area contributed by atoms with E-state index >= 15 is 0 Å². The van der Waals surface area contributed by atoms with Crippen LogP contribution in [-0.2, 0) is 14.3 Å². The van der Waals surface area contributed by atoms with Crippen molar-refractivity contribution in [3.63, 3.8) is 0 Å². The molecule has 1 saturated heterocycles. The number of rotatable bonds is 8. The summed E-state index contributed by atoms with van der Waals surface area (Å²) in [5.74, 6) is 0.774. The first-order chi connectivity index (χ1) is 12.0. The van der Waals surface area contributed by atoms with Crippen LogP contribution in [0.1, 0.15) is 45.4 Å². The summed E-state index contributed by atoms with van der Waals surface area (Å²) in [5, 5.41) is 3.38. The van der Waals surface area contributed by atoms with Crippen molar-refractivity contribution in [1.29, 1.82) is 0 Å². The number of nitrogens with one attached hydrogen (secondary N) is 1. The smallest absolute Gasteiger partial charge is 0.306 e. The Morgan fingerprint density at radius 3 is 2.68 bits per heavy atom. The first-order valence-corrected chi connectivity index (χ1v) is 9.23. The molecule has 0 aliphatic carbocycles. The number of hydrogen-bond donors (Lipinski definition) is 1. The number of hydrogen-bond acceptors (Lipinski definition) is 5. The minimum atomic E-state index is -0.123. The molecule has 0 saturated carbocycles. The quantitative estimate of drug-likeness (QED) is 0.565. The molecule has 1 amide bonds. The summed E-state index contributed by atoms with van der Waals surface area (Å²) in [6.07, 6.45) is 6.32. The van der Waals surface area contributed by atoms with Gasteiger partial charge in [-0.25, -0.2) is 4.98 Å². The Bertz CT molecular complexity index is 557. The minimum Gasteiger partial charge on any atom is -0.462 e. The van der Waals surface area contributed by atoms with Gasteiger partial charge in [0.2, 0.25) is 5.91 Å². The van der Waals surface area contributed by atoms with Gasteiger partial charge in [0.15, 0.2) is 0 Å². The van der Waals surface area contributed by atoms with Crippen LogP contribution in [0.5, 0.6) is 0 Å². The molecule has 0 unspecified atom stereocenters. The topological polar surface area (TPSA) is 71.5 Å². The zero-order valence-electron chi connectivity index (χ0n) is 14.7. The van der Waals surface area contributed by atoms with Gasteiger partial charge in [-0.3, -0.25) is 9.59 Å². The molecular formula is C18H26ClN3O3. The number of amides is 1. The number of nitrogens with zero attached hydrogens (tertiary/aromatic N) is 2. The lowest BCUT2D eigenvalue weighted by Crippen LogP contribution is -2.38. The van der Waals surface area contributed by atoms with Crippen molar-refractivity contribution in [3.8, 4) is 0 Å². The Balaban J connectivity index is 1.59. The molecule has 0 spiro atoms. The third kappa shape index (κ3) is 7.30. The molecule has 1 aliphatic heterocycles. The third-order valence-corrected chi connectivity index (χ3v) is 4.43. The highest BCUT2D eigenvalue weighted by atomic mass is 35.5. The number of ether oxygens (including phenoxy) is 1. The molecule has 0 radical (unpaired) electrons. The molecular weight excluding hydrogens is 342 g/mol. The van der Waals surface area contributed by atoms with E-state index in [4.69, 9.17) is 16.3 Å². The molecule has 0 bridgehead atoms. The SMILES string of the molecule is CC(=O)NCCCCCC(=O)OC1CCN(c2ccc(Cl)cn2)CC1. The highest BCUT2D eigenvalue weighted by Gasteiger charge is 2.22. The number of carbonyl (C=O) groups is 2. The first-order valence-electron chi connectivity index (χ1n) is 8.85. The monoisotopic (exact) mass is 367 g/mol. The standard InChI is InChI=1S/C18H26ClN3O3/c1-14(23)20-10-4-2-3-5-18(24)25-16-8-11-22(12-9-16)17-7-6-15(19)13-21-17/h6-7,13,16H,2-5,8-12H2,1H3,(H,20,23). The second kappa shape index (κ2) is 10.2. The lowest BCUT2D eigenvalue weighted by Gasteiger charge is -2.32. The minimum absolute atomic E-state index is 0.00423. The fraction of sp³-hybridized carbons (Fsp3) is 0.611. The number of halogens is 1. The first kappa shape index (κ1) is 19.5. The van der Waals surface area contributed by atoms with Crippen LogP contribution in [0.2, 0.25) is 5.02 Å². The number of aromatic nitrogens is 1. The van der Waals surface area contributed by atoms with Crippen LogP contribution in [0.4, 0.5) is 5.82 Å². The average molecular weight is 368 g/mol. The second-order valence-electron chi connectivity index (χ2n) is 6.30. The van der Waals surface area contributed by atoms with E-state index in [0.29, 0.717) is 18.0 Å². The lowest BCUT2D eigenvalue weighted by atomic mass is 10.1. The van der Waals surface area contributed by atoms with E-state index in [1.165, 1.54) is 6.92 Å². The van der Waals surface area contributed by atoms with Gasteiger partial charge in [-0.1, -0.05) is 18.0 Å². The van der Waals surface area contributed by atoms with Crippen LogP contribution in [0.3, 0.4) is 0 Å². The van der Waals surface area contributed by atoms with Crippen LogP contribution >= 0.6 is 11.6 Å². The van der Waals surface area contributed by atoms with Crippen molar-refractivity contribution in [2.45, 2.75) is 51.6 Å². The fourth-order valence-electron chi connectivity index (χ4n) is 2.84. The summed E-state index contributed by atoms with van der Waals surface area (Å²) in [6.45, 7) is 3.82. The van der Waals surface area contributed by atoms with Crippen LogP contribution in [0.15, 0.2) is 18.3 Å². The van der Waals surface area contributed by atoms with Gasteiger partial charge in [-0.2, -0.15) is 0 Å². The van der Waals surface area contributed by atoms with Crippen molar-refractivity contribution in [3.05, 3.63) is 23.4 Å². The van der Waals surface area contributed by atoms with Crippen molar-refractivity contribution >= 4 is 29.3 Å². The van der Waals surface area contributed by atoms with Crippen molar-refractivity contribution in [2.24, 2.45) is 0 Å². The van der Waals surface area contributed by atoms with E-state index in [1.807, 2.05) is 12.1 Å². The zero-order chi connectivity index (χ0) is 18.1. The molecule has 2 rings (SSSR count). The number of esters is 1. The van der Waals surface area contributed by atoms with Crippen LogP contribution < -0.4 is 10.2 Å². The molecule has 1 aliphatic rings. The van der Waals surface area contributed by atoms with E-state index in [2.05, 4.69) is 15.2 Å². The molecule has 1 N–H and O–H groups in total. The molecule has 1 aromatic heterocycles. The predicted molar refractivity (Wildman–Crippen MR) is 97.7 cm³/mol. The average Bonchev–Trinajstić information content (AvgIpc) is 2.59. The molecule has 6 nitrogen and oxygen atoms in total. The van der Waals surface area contributed by atoms with Gasteiger partial charge in [0.05, 0.1) is 5.02 Å². The van der Waals surface area contributed by atoms with Crippen LogP contribution in [0, 0.1) is 0 Å². The van der Waals surface area contributed by atoms with Crippen molar-refractivity contribution in [2.75, 3.05) is 24.5 Å². The molecule has 25 heavy (non-hydrogen) atoms. The molecule has 138 valence electrons. The molecule has 0 atom stereocenters. The largest absolute Gasteiger partial charge is 0.462 e. The second-order valence-corrected chi connectivity index (χ2v) is 6.74. The van der Waals surface area contributed by atoms with Gasteiger partial charge in [0.25, 0.3) is 0 Å². The highest BCUT2D eigenvalue weighted by molar-refractivity contribution is 6.30. The number of unbranched alkanes of at least 4 members (excludes halogenated alkanes) is 2. The third-order valence-electron chi connectivity index (χ3n) is 4.21. The summed E-state index contributed by atoms with van der Waals surface area (Å²) in [4.78, 5) is 29.2. The summed E-state index contributed by atoms with van der Waals surface area (Å²) in [5.41, 5.74) is 0. The van der Waals surface area contributed by atoms with Crippen LogP contribution in [-0.4, -0.2) is 42.6 Å². The summed E-state index contributed by atoms with van der Waals surface area (Å²) >= 11 is 5.86. The van der Waals surface area contributed by atoms with Crippen molar-refractivity contribution in [1.82, 2.24) is 10.3 Å². The maximum absolute atomic E-state index is 11.9. The van der Waals surface area contributed by atoms with E-state index in [-0.39, 0.29) is 18.0 Å². The van der Waals surface area contributed by atoms with E-state index < -0.39 is 0 Å². The highest BCUT2D eigenvalue weighted by Crippen LogP contribution is 2.21. The molecule has 1 fully saturated rings. The normalized spacial score (nSPS) is 15.0. The van der Waals surface area contributed by atoms with Gasteiger partial charge in [0.1, 0.15) is 11.9 Å². The maximum Gasteiger partial charge on any atom is 0.306 e. The number of carbonyl (C=O) groups excluding carboxylic acids is 2. The molecule has 1 aromatic rings. The van der Waals surface area contributed by atoms with Gasteiger partial charge in [0, 0.05) is 52.0 Å². The van der Waals surface area contributed by atoms with Gasteiger partial charge in [-0.05, 0) is 25.0 Å². The predicted octanol–water partition coefficient (Wildman–Crippen LogP) is 2.94. The Morgan fingerprint density at radius 1 is 1.28 bits per heavy atom. The van der Waals surface area contributed by atoms with Crippen LogP contribution in [0.25, 0.3) is 0 Å². The van der Waals surface area contributed by atoms with E-state index in [0.717, 1.165) is 51.0 Å². The maximum atomic E-state index is 11.9. The van der Waals surface area contributed by atoms with Gasteiger partial charge in [-0.15, -0.1) is 0 Å². The summed E-state index contributed by atoms with van der Waals surface area (Å²) in [7, 11) is 0. The molecule has 0 aromatic carbocycles. The summed E-state index contributed by atoms with van der Waals surface area (Å²) in [6, 6.07) is 3.75. The zero-order valence-corrected chi connectivity index (χ0v) is 15.4. The van der Waals surface area contributed by atoms with E-state index in [9.17, 15) is 9.59 Å². The lowest BCUT2D eigenvalue weighted by molar-refractivity contribution is -0.150. The fourth-order valence-corrected chi connectivity index (χ4v) is 2.95. The van der Waals surface area contributed by atoms with Gasteiger partial charge >= 0.3 is 5.97 Å². The van der Waals surface area contributed by atoms with E-state index in [1.54, 1.807) is 6.20 Å². The Morgan fingerprint density at radius 2 is 2.04 bits per heavy atom. The Hall–Kier alpha value is -1.82. The molecule has 2 heterocycles. The van der Waals surface area contributed by atoms with Gasteiger partial charge < -0.3 is 15.0 Å². The summed E-state index contributed by atoms with van der Waals surface area (Å²) < 4.78 is 5.56. The Kier molecular flexibility index (Phi) is 7.98. The molecule has 7 heteroatoms. The Labute approximate surface area is 153 Å². The number of piperidine rings is 1. The number of anilines is 1. The van der Waals surface area contributed by atoms with Crippen molar-refractivity contribution < 1.29 is 14.3 Å². The number of pyridine rings is 1.